The monoisotopic (exact) mass is 395 g/mol. The van der Waals surface area contributed by atoms with Gasteiger partial charge in [0.2, 0.25) is 5.82 Å². The quantitative estimate of drug-likeness (QED) is 0.480. The maximum atomic E-state index is 4.79. The van der Waals surface area contributed by atoms with Crippen molar-refractivity contribution in [1.29, 1.82) is 0 Å². The molecule has 0 aliphatic carbocycles. The van der Waals surface area contributed by atoms with Gasteiger partial charge in [-0.05, 0) is 40.0 Å². The van der Waals surface area contributed by atoms with E-state index >= 15 is 0 Å². The number of hydrogen-bond acceptors (Lipinski definition) is 5. The van der Waals surface area contributed by atoms with Crippen molar-refractivity contribution >= 4 is 5.65 Å². The molecular formula is C23H21N7. The molecule has 1 N–H and O–H groups in total. The largest absolute Gasteiger partial charge is 0.231 e. The number of aromatic amines is 1. The molecule has 0 saturated carbocycles. The Morgan fingerprint density at radius 2 is 1.73 bits per heavy atom. The molecule has 7 nitrogen and oxygen atoms in total. The molecule has 148 valence electrons. The summed E-state index contributed by atoms with van der Waals surface area (Å²) in [5, 5.41) is 19.0. The molecule has 0 saturated heterocycles. The number of rotatable bonds is 5. The zero-order chi connectivity index (χ0) is 20.5. The number of benzene rings is 2. The van der Waals surface area contributed by atoms with Gasteiger partial charge in [0.15, 0.2) is 5.65 Å². The van der Waals surface area contributed by atoms with E-state index in [-0.39, 0.29) is 0 Å². The van der Waals surface area contributed by atoms with Crippen molar-refractivity contribution in [2.45, 2.75) is 26.2 Å². The minimum atomic E-state index is 0.336. The molecule has 0 amide bonds. The zero-order valence-electron chi connectivity index (χ0n) is 16.8. The molecule has 0 aliphatic rings. The predicted molar refractivity (Wildman–Crippen MR) is 115 cm³/mol. The highest BCUT2D eigenvalue weighted by atomic mass is 15.5. The van der Waals surface area contributed by atoms with Crippen LogP contribution in [0, 0.1) is 0 Å². The van der Waals surface area contributed by atoms with Gasteiger partial charge in [-0.25, -0.2) is 9.50 Å². The number of H-pyrrole nitrogens is 1. The standard InChI is InChI=1S/C23H21N7/c1-15(2)22-20(30-21(25-22)8-5-13-24-30)14-16-9-11-17(12-10-16)18-6-3-4-7-19(18)23-26-28-29-27-23/h3-13,15H,14H2,1-2H3,(H,26,27,28,29). The molecular weight excluding hydrogens is 374 g/mol. The number of aromatic nitrogens is 7. The number of fused-ring (bicyclic) bond motifs is 1. The summed E-state index contributed by atoms with van der Waals surface area (Å²) in [4.78, 5) is 4.79. The first-order valence-corrected chi connectivity index (χ1v) is 9.95. The molecule has 5 aromatic rings. The van der Waals surface area contributed by atoms with Gasteiger partial charge in [0.1, 0.15) is 0 Å². The predicted octanol–water partition coefficient (Wildman–Crippen LogP) is 4.29. The van der Waals surface area contributed by atoms with Crippen LogP contribution in [0.2, 0.25) is 0 Å². The fourth-order valence-corrected chi connectivity index (χ4v) is 3.78. The van der Waals surface area contributed by atoms with Crippen molar-refractivity contribution < 1.29 is 0 Å². The van der Waals surface area contributed by atoms with E-state index in [4.69, 9.17) is 4.98 Å². The summed E-state index contributed by atoms with van der Waals surface area (Å²) >= 11 is 0. The van der Waals surface area contributed by atoms with Gasteiger partial charge in [-0.2, -0.15) is 10.3 Å². The van der Waals surface area contributed by atoms with E-state index in [0.29, 0.717) is 11.7 Å². The Morgan fingerprint density at radius 1 is 0.933 bits per heavy atom. The second-order valence-corrected chi connectivity index (χ2v) is 7.55. The van der Waals surface area contributed by atoms with E-state index in [9.17, 15) is 0 Å². The Hall–Kier alpha value is -3.87. The van der Waals surface area contributed by atoms with Crippen LogP contribution in [0.5, 0.6) is 0 Å². The van der Waals surface area contributed by atoms with E-state index in [2.05, 4.69) is 69.9 Å². The van der Waals surface area contributed by atoms with Crippen molar-refractivity contribution in [3.63, 3.8) is 0 Å². The summed E-state index contributed by atoms with van der Waals surface area (Å²) in [6, 6.07) is 20.6. The van der Waals surface area contributed by atoms with Crippen molar-refractivity contribution in [2.24, 2.45) is 0 Å². The third-order valence-electron chi connectivity index (χ3n) is 5.21. The third kappa shape index (κ3) is 3.24. The highest BCUT2D eigenvalue weighted by Crippen LogP contribution is 2.30. The minimum Gasteiger partial charge on any atom is -0.231 e. The first-order chi connectivity index (χ1) is 14.7. The van der Waals surface area contributed by atoms with Crippen molar-refractivity contribution in [3.8, 4) is 22.5 Å². The van der Waals surface area contributed by atoms with E-state index < -0.39 is 0 Å². The molecule has 0 unspecified atom stereocenters. The van der Waals surface area contributed by atoms with Crippen LogP contribution in [0.15, 0.2) is 66.9 Å². The summed E-state index contributed by atoms with van der Waals surface area (Å²) < 4.78 is 1.95. The zero-order valence-corrected chi connectivity index (χ0v) is 16.8. The first kappa shape index (κ1) is 18.2. The molecule has 0 spiro atoms. The van der Waals surface area contributed by atoms with Crippen LogP contribution in [0.25, 0.3) is 28.2 Å². The van der Waals surface area contributed by atoms with Crippen LogP contribution in [0.4, 0.5) is 0 Å². The van der Waals surface area contributed by atoms with E-state index in [1.165, 1.54) is 5.56 Å². The van der Waals surface area contributed by atoms with Crippen LogP contribution in [-0.4, -0.2) is 35.2 Å². The number of imidazole rings is 1. The summed E-state index contributed by atoms with van der Waals surface area (Å²) in [6.45, 7) is 4.34. The van der Waals surface area contributed by atoms with Crippen LogP contribution in [0.3, 0.4) is 0 Å². The number of nitrogens with zero attached hydrogens (tertiary/aromatic N) is 6. The van der Waals surface area contributed by atoms with Gasteiger partial charge in [-0.3, -0.25) is 0 Å². The smallest absolute Gasteiger partial charge is 0.205 e. The van der Waals surface area contributed by atoms with Crippen molar-refractivity contribution in [1.82, 2.24) is 35.2 Å². The Kier molecular flexibility index (Phi) is 4.55. The third-order valence-corrected chi connectivity index (χ3v) is 5.21. The SMILES string of the molecule is CC(C)c1nc2cccnn2c1Cc1ccc(-c2ccccc2-c2nn[nH]n2)cc1. The van der Waals surface area contributed by atoms with Crippen molar-refractivity contribution in [3.05, 3.63) is 83.8 Å². The van der Waals surface area contributed by atoms with Gasteiger partial charge < -0.3 is 0 Å². The second-order valence-electron chi connectivity index (χ2n) is 7.55. The van der Waals surface area contributed by atoms with Gasteiger partial charge in [-0.15, -0.1) is 10.2 Å². The maximum Gasteiger partial charge on any atom is 0.205 e. The van der Waals surface area contributed by atoms with Crippen LogP contribution < -0.4 is 0 Å². The molecule has 30 heavy (non-hydrogen) atoms. The highest BCUT2D eigenvalue weighted by Gasteiger charge is 2.16. The molecule has 3 heterocycles. The average Bonchev–Trinajstić information content (AvgIpc) is 3.43. The summed E-state index contributed by atoms with van der Waals surface area (Å²) in [5.41, 5.74) is 7.48. The van der Waals surface area contributed by atoms with Crippen LogP contribution >= 0.6 is 0 Å². The lowest BCUT2D eigenvalue weighted by Crippen LogP contribution is -2.02. The molecule has 0 bridgehead atoms. The average molecular weight is 395 g/mol. The fourth-order valence-electron chi connectivity index (χ4n) is 3.78. The molecule has 2 aromatic carbocycles. The topological polar surface area (TPSA) is 84.6 Å². The molecule has 0 atom stereocenters. The molecule has 0 radical (unpaired) electrons. The van der Waals surface area contributed by atoms with Gasteiger partial charge in [0, 0.05) is 18.2 Å². The number of hydrogen-bond donors (Lipinski definition) is 1. The fraction of sp³-hybridized carbons (Fsp3) is 0.174. The lowest BCUT2D eigenvalue weighted by atomic mass is 9.97. The minimum absolute atomic E-state index is 0.336. The van der Waals surface area contributed by atoms with E-state index in [1.54, 1.807) is 6.20 Å². The molecule has 5 rings (SSSR count). The molecule has 7 heteroatoms. The lowest BCUT2D eigenvalue weighted by molar-refractivity contribution is 0.793. The number of nitrogens with one attached hydrogen (secondary N) is 1. The van der Waals surface area contributed by atoms with E-state index in [0.717, 1.165) is 40.1 Å². The molecule has 0 aliphatic heterocycles. The summed E-state index contributed by atoms with van der Waals surface area (Å²) in [7, 11) is 0. The van der Waals surface area contributed by atoms with Crippen LogP contribution in [0.1, 0.15) is 36.7 Å². The second kappa shape index (κ2) is 7.51. The van der Waals surface area contributed by atoms with Gasteiger partial charge in [0.05, 0.1) is 11.4 Å². The number of tetrazole rings is 1. The Balaban J connectivity index is 1.50. The highest BCUT2D eigenvalue weighted by molar-refractivity contribution is 5.80. The lowest BCUT2D eigenvalue weighted by Gasteiger charge is -2.09. The molecule has 3 aromatic heterocycles. The van der Waals surface area contributed by atoms with E-state index in [1.807, 2.05) is 34.8 Å². The molecule has 0 fully saturated rings. The Labute approximate surface area is 173 Å². The summed E-state index contributed by atoms with van der Waals surface area (Å²) in [5.74, 6) is 0.927. The van der Waals surface area contributed by atoms with Gasteiger partial charge >= 0.3 is 0 Å². The Bertz CT molecular complexity index is 1290. The van der Waals surface area contributed by atoms with Gasteiger partial charge in [-0.1, -0.05) is 62.4 Å². The summed E-state index contributed by atoms with van der Waals surface area (Å²) in [6.07, 6.45) is 2.58. The van der Waals surface area contributed by atoms with Crippen molar-refractivity contribution in [2.75, 3.05) is 0 Å². The normalized spacial score (nSPS) is 11.4. The van der Waals surface area contributed by atoms with Gasteiger partial charge in [0.25, 0.3) is 0 Å². The Morgan fingerprint density at radius 3 is 2.47 bits per heavy atom. The van der Waals surface area contributed by atoms with Crippen LogP contribution in [-0.2, 0) is 6.42 Å². The first-order valence-electron chi connectivity index (χ1n) is 9.95. The maximum absolute atomic E-state index is 4.79.